The maximum atomic E-state index is 8.98. The molecule has 0 bridgehead atoms. The maximum absolute atomic E-state index is 8.98. The number of hydrogen-bond acceptors (Lipinski definition) is 3. The SMILES string of the molecule is C[C@H](Cc1ccc(O)cc1)NO. The molecule has 3 heteroatoms. The van der Waals surface area contributed by atoms with Crippen molar-refractivity contribution in [3.05, 3.63) is 29.8 Å². The third kappa shape index (κ3) is 2.53. The van der Waals surface area contributed by atoms with Gasteiger partial charge in [0.05, 0.1) is 0 Å². The van der Waals surface area contributed by atoms with Gasteiger partial charge in [-0.05, 0) is 31.0 Å². The molecule has 0 aliphatic heterocycles. The molecule has 0 heterocycles. The van der Waals surface area contributed by atoms with Gasteiger partial charge in [-0.1, -0.05) is 12.1 Å². The van der Waals surface area contributed by atoms with Crippen molar-refractivity contribution in [1.29, 1.82) is 0 Å². The molecule has 1 rings (SSSR count). The van der Waals surface area contributed by atoms with Crippen LogP contribution in [-0.2, 0) is 6.42 Å². The lowest BCUT2D eigenvalue weighted by atomic mass is 10.1. The molecule has 0 spiro atoms. The van der Waals surface area contributed by atoms with Crippen molar-refractivity contribution in [3.63, 3.8) is 0 Å². The lowest BCUT2D eigenvalue weighted by Crippen LogP contribution is -2.24. The fraction of sp³-hybridized carbons (Fsp3) is 0.333. The zero-order chi connectivity index (χ0) is 8.97. The standard InChI is InChI=1S/C9H13NO2/c1-7(10-12)6-8-2-4-9(11)5-3-8/h2-5,7,10-12H,6H2,1H3/t7-/m1/s1. The molecule has 0 amide bonds. The molecule has 0 aromatic heterocycles. The highest BCUT2D eigenvalue weighted by Crippen LogP contribution is 2.10. The molecule has 3 N–H and O–H groups in total. The topological polar surface area (TPSA) is 52.5 Å². The number of hydroxylamine groups is 1. The summed E-state index contributed by atoms with van der Waals surface area (Å²) in [5, 5.41) is 17.5. The molecule has 66 valence electrons. The van der Waals surface area contributed by atoms with Crippen molar-refractivity contribution < 1.29 is 10.3 Å². The Hall–Kier alpha value is -1.06. The van der Waals surface area contributed by atoms with E-state index < -0.39 is 0 Å². The molecule has 0 unspecified atom stereocenters. The third-order valence-electron chi connectivity index (χ3n) is 1.70. The molecule has 0 saturated carbocycles. The Morgan fingerprint density at radius 2 is 1.92 bits per heavy atom. The summed E-state index contributed by atoms with van der Waals surface area (Å²) in [4.78, 5) is 0. The van der Waals surface area contributed by atoms with Crippen LogP contribution >= 0.6 is 0 Å². The quantitative estimate of drug-likeness (QED) is 0.595. The van der Waals surface area contributed by atoms with Gasteiger partial charge < -0.3 is 10.3 Å². The Bertz CT molecular complexity index is 233. The third-order valence-corrected chi connectivity index (χ3v) is 1.70. The van der Waals surface area contributed by atoms with Gasteiger partial charge in [-0.2, -0.15) is 0 Å². The van der Waals surface area contributed by atoms with E-state index in [9.17, 15) is 0 Å². The molecule has 0 aliphatic rings. The molecule has 0 saturated heterocycles. The first kappa shape index (κ1) is 9.03. The van der Waals surface area contributed by atoms with Gasteiger partial charge in [0.1, 0.15) is 5.75 Å². The second-order valence-electron chi connectivity index (χ2n) is 2.90. The average Bonchev–Trinajstić information content (AvgIpc) is 2.09. The van der Waals surface area contributed by atoms with Crippen LogP contribution in [0.25, 0.3) is 0 Å². The lowest BCUT2D eigenvalue weighted by Gasteiger charge is -2.08. The van der Waals surface area contributed by atoms with E-state index >= 15 is 0 Å². The average molecular weight is 167 g/mol. The number of nitrogens with one attached hydrogen (secondary N) is 1. The zero-order valence-electron chi connectivity index (χ0n) is 6.99. The highest BCUT2D eigenvalue weighted by molar-refractivity contribution is 5.26. The van der Waals surface area contributed by atoms with Crippen molar-refractivity contribution >= 4 is 0 Å². The van der Waals surface area contributed by atoms with E-state index in [2.05, 4.69) is 5.48 Å². The minimum atomic E-state index is 0.0366. The Balaban J connectivity index is 2.58. The van der Waals surface area contributed by atoms with Gasteiger partial charge in [-0.3, -0.25) is 0 Å². The predicted octanol–water partition coefficient (Wildman–Crippen LogP) is 1.30. The van der Waals surface area contributed by atoms with Crippen LogP contribution < -0.4 is 5.48 Å². The van der Waals surface area contributed by atoms with E-state index in [1.165, 1.54) is 0 Å². The van der Waals surface area contributed by atoms with E-state index in [1.54, 1.807) is 12.1 Å². The fourth-order valence-corrected chi connectivity index (χ4v) is 1.03. The second kappa shape index (κ2) is 4.09. The molecule has 0 aliphatic carbocycles. The van der Waals surface area contributed by atoms with Crippen molar-refractivity contribution in [3.8, 4) is 5.75 Å². The molecule has 1 aromatic carbocycles. The van der Waals surface area contributed by atoms with E-state index in [1.807, 2.05) is 19.1 Å². The number of hydrogen-bond donors (Lipinski definition) is 3. The van der Waals surface area contributed by atoms with Crippen molar-refractivity contribution in [2.24, 2.45) is 0 Å². The smallest absolute Gasteiger partial charge is 0.115 e. The van der Waals surface area contributed by atoms with Crippen LogP contribution in [0, 0.1) is 0 Å². The van der Waals surface area contributed by atoms with Crippen LogP contribution in [0.15, 0.2) is 24.3 Å². The Morgan fingerprint density at radius 1 is 1.33 bits per heavy atom. The molecule has 0 fully saturated rings. The zero-order valence-corrected chi connectivity index (χ0v) is 6.99. The van der Waals surface area contributed by atoms with E-state index in [0.717, 1.165) is 12.0 Å². The number of phenolic OH excluding ortho intramolecular Hbond substituents is 1. The largest absolute Gasteiger partial charge is 0.508 e. The summed E-state index contributed by atoms with van der Waals surface area (Å²) in [5.41, 5.74) is 3.25. The number of phenols is 1. The first-order valence-electron chi connectivity index (χ1n) is 3.90. The van der Waals surface area contributed by atoms with Gasteiger partial charge in [-0.15, -0.1) is 0 Å². The summed E-state index contributed by atoms with van der Waals surface area (Å²) in [7, 11) is 0. The van der Waals surface area contributed by atoms with E-state index in [-0.39, 0.29) is 11.8 Å². The van der Waals surface area contributed by atoms with Gasteiger partial charge in [0.15, 0.2) is 0 Å². The fourth-order valence-electron chi connectivity index (χ4n) is 1.03. The minimum Gasteiger partial charge on any atom is -0.508 e. The monoisotopic (exact) mass is 167 g/mol. The van der Waals surface area contributed by atoms with Gasteiger partial charge >= 0.3 is 0 Å². The molecule has 1 atom stereocenters. The van der Waals surface area contributed by atoms with E-state index in [4.69, 9.17) is 10.3 Å². The van der Waals surface area contributed by atoms with Crippen molar-refractivity contribution in [1.82, 2.24) is 5.48 Å². The summed E-state index contributed by atoms with van der Waals surface area (Å²) < 4.78 is 0. The van der Waals surface area contributed by atoms with Crippen LogP contribution in [0.4, 0.5) is 0 Å². The molecular formula is C9H13NO2. The highest BCUT2D eigenvalue weighted by Gasteiger charge is 2.00. The van der Waals surface area contributed by atoms with Crippen molar-refractivity contribution in [2.75, 3.05) is 0 Å². The van der Waals surface area contributed by atoms with Gasteiger partial charge in [-0.25, -0.2) is 5.48 Å². The molecule has 3 nitrogen and oxygen atoms in total. The van der Waals surface area contributed by atoms with Crippen LogP contribution in [0.3, 0.4) is 0 Å². The van der Waals surface area contributed by atoms with Crippen molar-refractivity contribution in [2.45, 2.75) is 19.4 Å². The Labute approximate surface area is 71.6 Å². The van der Waals surface area contributed by atoms with Crippen LogP contribution in [0.1, 0.15) is 12.5 Å². The molecular weight excluding hydrogens is 154 g/mol. The summed E-state index contributed by atoms with van der Waals surface area (Å²) in [6.07, 6.45) is 0.747. The molecule has 1 aromatic rings. The Morgan fingerprint density at radius 3 is 2.42 bits per heavy atom. The van der Waals surface area contributed by atoms with Gasteiger partial charge in [0, 0.05) is 6.04 Å². The normalized spacial score (nSPS) is 12.8. The maximum Gasteiger partial charge on any atom is 0.115 e. The Kier molecular flexibility index (Phi) is 3.08. The molecule has 0 radical (unpaired) electrons. The molecule has 12 heavy (non-hydrogen) atoms. The lowest BCUT2D eigenvalue weighted by molar-refractivity contribution is 0.133. The van der Waals surface area contributed by atoms with Crippen LogP contribution in [-0.4, -0.2) is 16.4 Å². The number of aromatic hydroxyl groups is 1. The first-order chi connectivity index (χ1) is 5.72. The minimum absolute atomic E-state index is 0.0366. The van der Waals surface area contributed by atoms with Gasteiger partial charge in [0.2, 0.25) is 0 Å². The first-order valence-corrected chi connectivity index (χ1v) is 3.90. The second-order valence-corrected chi connectivity index (χ2v) is 2.90. The van der Waals surface area contributed by atoms with E-state index in [0.29, 0.717) is 0 Å². The van der Waals surface area contributed by atoms with Crippen LogP contribution in [0.2, 0.25) is 0 Å². The summed E-state index contributed by atoms with van der Waals surface area (Å²) >= 11 is 0. The highest BCUT2D eigenvalue weighted by atomic mass is 16.5. The number of rotatable bonds is 3. The number of benzene rings is 1. The summed E-state index contributed by atoms with van der Waals surface area (Å²) in [6.45, 7) is 1.88. The van der Waals surface area contributed by atoms with Crippen LogP contribution in [0.5, 0.6) is 5.75 Å². The summed E-state index contributed by atoms with van der Waals surface area (Å²) in [6, 6.07) is 6.99. The summed E-state index contributed by atoms with van der Waals surface area (Å²) in [5.74, 6) is 0.267. The predicted molar refractivity (Wildman–Crippen MR) is 46.2 cm³/mol. The van der Waals surface area contributed by atoms with Gasteiger partial charge in [0.25, 0.3) is 0 Å².